The summed E-state index contributed by atoms with van der Waals surface area (Å²) in [5.41, 5.74) is 4.34. The molecule has 4 fully saturated rings. The third kappa shape index (κ3) is 7.14. The summed E-state index contributed by atoms with van der Waals surface area (Å²) < 4.78 is 12.1. The first-order valence-electron chi connectivity index (χ1n) is 15.6. The van der Waals surface area contributed by atoms with Gasteiger partial charge in [0.25, 0.3) is 0 Å². The summed E-state index contributed by atoms with van der Waals surface area (Å²) in [6.07, 6.45) is 10.3. The van der Waals surface area contributed by atoms with Gasteiger partial charge in [0.15, 0.2) is 0 Å². The van der Waals surface area contributed by atoms with Crippen LogP contribution >= 0.6 is 0 Å². The average Bonchev–Trinajstić information content (AvgIpc) is 2.98. The van der Waals surface area contributed by atoms with Crippen LogP contribution in [0.3, 0.4) is 0 Å². The zero-order valence-corrected chi connectivity index (χ0v) is 24.1. The molecule has 5 heteroatoms. The second-order valence-corrected chi connectivity index (χ2v) is 12.9. The van der Waals surface area contributed by atoms with E-state index >= 15 is 0 Å². The first kappa shape index (κ1) is 28.3. The fourth-order valence-corrected chi connectivity index (χ4v) is 8.13. The average molecular weight is 556 g/mol. The molecule has 7 rings (SSSR count). The van der Waals surface area contributed by atoms with Crippen molar-refractivity contribution >= 4 is 0 Å². The Hall–Kier alpha value is -2.86. The number of aliphatic hydroxyl groups excluding tert-OH is 2. The van der Waals surface area contributed by atoms with Gasteiger partial charge in [-0.1, -0.05) is 48.5 Å². The molecule has 0 amide bonds. The van der Waals surface area contributed by atoms with E-state index in [0.29, 0.717) is 29.9 Å². The molecule has 4 aliphatic carbocycles. The van der Waals surface area contributed by atoms with Gasteiger partial charge in [-0.05, 0) is 122 Å². The van der Waals surface area contributed by atoms with E-state index < -0.39 is 6.10 Å². The van der Waals surface area contributed by atoms with Gasteiger partial charge in [0, 0.05) is 12.1 Å². The number of aliphatic hydroxyl groups is 2. The van der Waals surface area contributed by atoms with Crippen LogP contribution in [0.1, 0.15) is 73.3 Å². The van der Waals surface area contributed by atoms with E-state index in [9.17, 15) is 10.2 Å². The van der Waals surface area contributed by atoms with Crippen molar-refractivity contribution in [3.05, 3.63) is 95.1 Å². The van der Waals surface area contributed by atoms with E-state index in [1.807, 2.05) is 48.5 Å². The van der Waals surface area contributed by atoms with E-state index in [-0.39, 0.29) is 6.61 Å². The number of benzene rings is 3. The highest BCUT2D eigenvalue weighted by molar-refractivity contribution is 5.38. The predicted octanol–water partition coefficient (Wildman–Crippen LogP) is 6.61. The Morgan fingerprint density at radius 3 is 2.22 bits per heavy atom. The molecule has 3 aromatic rings. The quantitative estimate of drug-likeness (QED) is 0.195. The van der Waals surface area contributed by atoms with E-state index in [1.165, 1.54) is 50.5 Å². The van der Waals surface area contributed by atoms with Crippen LogP contribution in [0.2, 0.25) is 0 Å². The summed E-state index contributed by atoms with van der Waals surface area (Å²) in [6.45, 7) is 2.35. The Morgan fingerprint density at radius 1 is 0.829 bits per heavy atom. The molecule has 0 aromatic heterocycles. The minimum absolute atomic E-state index is 0.139. The molecule has 0 aliphatic heterocycles. The van der Waals surface area contributed by atoms with Crippen molar-refractivity contribution in [1.29, 1.82) is 0 Å². The zero-order chi connectivity index (χ0) is 28.1. The monoisotopic (exact) mass is 555 g/mol. The molecule has 3 aromatic carbocycles. The molecular weight excluding hydrogens is 510 g/mol. The van der Waals surface area contributed by atoms with Crippen molar-refractivity contribution in [2.45, 2.75) is 70.7 Å². The maximum Gasteiger partial charge on any atom is 0.125 e. The Kier molecular flexibility index (Phi) is 8.95. The van der Waals surface area contributed by atoms with Crippen LogP contribution in [-0.4, -0.2) is 29.9 Å². The SMILES string of the molecule is OCc1cc(C(O)CNCCc2ccc(OCCC34CC5CC(CC(C5)C3)C4)cc2)ccc1OCc1ccccc1. The van der Waals surface area contributed by atoms with Gasteiger partial charge in [-0.2, -0.15) is 0 Å². The Bertz CT molecular complexity index is 1220. The lowest BCUT2D eigenvalue weighted by molar-refractivity contribution is -0.0622. The predicted molar refractivity (Wildman–Crippen MR) is 162 cm³/mol. The van der Waals surface area contributed by atoms with Gasteiger partial charge in [-0.3, -0.25) is 0 Å². The van der Waals surface area contributed by atoms with Crippen molar-refractivity contribution in [1.82, 2.24) is 5.32 Å². The maximum absolute atomic E-state index is 10.7. The Labute approximate surface area is 244 Å². The van der Waals surface area contributed by atoms with E-state index in [4.69, 9.17) is 9.47 Å². The van der Waals surface area contributed by atoms with E-state index in [1.54, 1.807) is 0 Å². The number of rotatable bonds is 14. The molecule has 218 valence electrons. The molecule has 1 unspecified atom stereocenters. The molecular formula is C36H45NO4. The molecule has 1 atom stereocenters. The van der Waals surface area contributed by atoms with E-state index in [2.05, 4.69) is 29.6 Å². The third-order valence-electron chi connectivity index (χ3n) is 9.79. The molecule has 4 aliphatic rings. The van der Waals surface area contributed by atoms with Crippen molar-refractivity contribution in [3.63, 3.8) is 0 Å². The van der Waals surface area contributed by atoms with E-state index in [0.717, 1.165) is 54.2 Å². The zero-order valence-electron chi connectivity index (χ0n) is 24.1. The Morgan fingerprint density at radius 2 is 1.54 bits per heavy atom. The van der Waals surface area contributed by atoms with Crippen LogP contribution < -0.4 is 14.8 Å². The number of hydrogen-bond acceptors (Lipinski definition) is 5. The van der Waals surface area contributed by atoms with Crippen LogP contribution in [0.5, 0.6) is 11.5 Å². The highest BCUT2D eigenvalue weighted by Crippen LogP contribution is 2.61. The molecule has 4 saturated carbocycles. The van der Waals surface area contributed by atoms with Crippen LogP contribution in [0.15, 0.2) is 72.8 Å². The minimum Gasteiger partial charge on any atom is -0.494 e. The molecule has 0 saturated heterocycles. The fraction of sp³-hybridized carbons (Fsp3) is 0.500. The van der Waals surface area contributed by atoms with Gasteiger partial charge in [0.2, 0.25) is 0 Å². The summed E-state index contributed by atoms with van der Waals surface area (Å²) in [4.78, 5) is 0. The number of nitrogens with one attached hydrogen (secondary N) is 1. The smallest absolute Gasteiger partial charge is 0.125 e. The van der Waals surface area contributed by atoms with Gasteiger partial charge in [-0.15, -0.1) is 0 Å². The third-order valence-corrected chi connectivity index (χ3v) is 9.79. The van der Waals surface area contributed by atoms with Crippen molar-refractivity contribution in [2.75, 3.05) is 19.7 Å². The summed E-state index contributed by atoms with van der Waals surface area (Å²) in [5, 5.41) is 23.9. The normalized spacial score (nSPS) is 25.3. The highest BCUT2D eigenvalue weighted by atomic mass is 16.5. The second-order valence-electron chi connectivity index (χ2n) is 12.9. The minimum atomic E-state index is -0.659. The van der Waals surface area contributed by atoms with Gasteiger partial charge < -0.3 is 25.0 Å². The number of hydrogen-bond donors (Lipinski definition) is 3. The van der Waals surface area contributed by atoms with Crippen LogP contribution in [0.4, 0.5) is 0 Å². The van der Waals surface area contributed by atoms with Gasteiger partial charge in [-0.25, -0.2) is 0 Å². The second kappa shape index (κ2) is 13.0. The molecule has 0 radical (unpaired) electrons. The highest BCUT2D eigenvalue weighted by Gasteiger charge is 2.50. The summed E-state index contributed by atoms with van der Waals surface area (Å²) in [6, 6.07) is 24.0. The maximum atomic E-state index is 10.7. The summed E-state index contributed by atoms with van der Waals surface area (Å²) in [7, 11) is 0. The summed E-state index contributed by atoms with van der Waals surface area (Å²) >= 11 is 0. The first-order valence-corrected chi connectivity index (χ1v) is 15.6. The van der Waals surface area contributed by atoms with Gasteiger partial charge >= 0.3 is 0 Å². The van der Waals surface area contributed by atoms with Crippen molar-refractivity contribution in [2.24, 2.45) is 23.2 Å². The lowest BCUT2D eigenvalue weighted by atomic mass is 9.49. The van der Waals surface area contributed by atoms with Gasteiger partial charge in [0.05, 0.1) is 19.3 Å². The lowest BCUT2D eigenvalue weighted by Gasteiger charge is -2.57. The Balaban J connectivity index is 0.906. The summed E-state index contributed by atoms with van der Waals surface area (Å²) in [5.74, 6) is 4.61. The van der Waals surface area contributed by atoms with Crippen LogP contribution in [0.25, 0.3) is 0 Å². The molecule has 41 heavy (non-hydrogen) atoms. The molecule has 0 heterocycles. The first-order chi connectivity index (χ1) is 20.1. The van der Waals surface area contributed by atoms with Crippen LogP contribution in [0, 0.1) is 23.2 Å². The molecule has 5 nitrogen and oxygen atoms in total. The lowest BCUT2D eigenvalue weighted by Crippen LogP contribution is -2.46. The molecule has 4 bridgehead atoms. The van der Waals surface area contributed by atoms with Crippen molar-refractivity contribution in [3.8, 4) is 11.5 Å². The topological polar surface area (TPSA) is 71.0 Å². The fourth-order valence-electron chi connectivity index (χ4n) is 8.13. The number of ether oxygens (including phenoxy) is 2. The largest absolute Gasteiger partial charge is 0.494 e. The standard InChI is InChI=1S/C36H45NO4/c38-24-32-19-31(8-11-35(32)41-25-27-4-2-1-3-5-27)34(39)23-37-14-12-26-6-9-33(10-7-26)40-15-13-36-20-28-16-29(21-36)18-30(17-28)22-36/h1-11,19,28-30,34,37-39H,12-18,20-25H2. The molecule has 0 spiro atoms. The molecule has 3 N–H and O–H groups in total. The van der Waals surface area contributed by atoms with Gasteiger partial charge in [0.1, 0.15) is 18.1 Å². The van der Waals surface area contributed by atoms with Crippen LogP contribution in [-0.2, 0) is 19.6 Å². The van der Waals surface area contributed by atoms with Crippen molar-refractivity contribution < 1.29 is 19.7 Å².